The average Bonchev–Trinajstić information content (AvgIpc) is 2.99. The van der Waals surface area contributed by atoms with Gasteiger partial charge in [0.05, 0.1) is 5.56 Å². The first-order valence-electron chi connectivity index (χ1n) is 14.1. The van der Waals surface area contributed by atoms with Gasteiger partial charge in [-0.1, -0.05) is 30.3 Å². The zero-order chi connectivity index (χ0) is 26.6. The maximum absolute atomic E-state index is 12.9. The van der Waals surface area contributed by atoms with Gasteiger partial charge >= 0.3 is 0 Å². The first kappa shape index (κ1) is 37.9. The number of piperidine rings is 2. The third-order valence-corrected chi connectivity index (χ3v) is 7.74. The van der Waals surface area contributed by atoms with Gasteiger partial charge in [0.25, 0.3) is 5.91 Å². The van der Waals surface area contributed by atoms with E-state index in [9.17, 15) is 9.90 Å². The highest BCUT2D eigenvalue weighted by atomic mass is 35.5. The molecule has 2 fully saturated rings. The molecule has 248 valence electrons. The third-order valence-electron chi connectivity index (χ3n) is 7.74. The van der Waals surface area contributed by atoms with Crippen molar-refractivity contribution in [1.82, 2.24) is 29.6 Å². The minimum absolute atomic E-state index is 0. The van der Waals surface area contributed by atoms with E-state index in [4.69, 9.17) is 4.98 Å². The molecule has 3 aromatic carbocycles. The fraction of sp³-hybridized carbons (Fsp3) is 0.312. The Labute approximate surface area is 272 Å². The Bertz CT molecular complexity index is 1460. The Morgan fingerprint density at radius 1 is 0.682 bits per heavy atom. The number of hydrogen-bond acceptors (Lipinski definition) is 10. The van der Waals surface area contributed by atoms with Crippen molar-refractivity contribution < 1.29 is 15.6 Å². The SMILES string of the molecule is Cl.N.N.N.N.O=C(Nc1ccc(Nc2cc(N3CCCCC3)nc(N3CCCCC3)c2)cc1)c1ccc2ccccc2c1O.[HH].[HH].[HH].[HH]. The van der Waals surface area contributed by atoms with Crippen molar-refractivity contribution in [3.05, 3.63) is 78.4 Å². The lowest BCUT2D eigenvalue weighted by atomic mass is 10.0. The number of halogens is 1. The molecule has 12 heteroatoms. The molecule has 0 radical (unpaired) electrons. The topological polar surface area (TPSA) is 221 Å². The van der Waals surface area contributed by atoms with Gasteiger partial charge in [-0.15, -0.1) is 12.4 Å². The van der Waals surface area contributed by atoms with E-state index in [2.05, 4.69) is 32.6 Å². The summed E-state index contributed by atoms with van der Waals surface area (Å²) >= 11 is 0. The number of amides is 1. The fourth-order valence-electron chi connectivity index (χ4n) is 5.58. The van der Waals surface area contributed by atoms with Crippen molar-refractivity contribution in [3.63, 3.8) is 0 Å². The molecule has 2 aliphatic rings. The number of nitrogens with one attached hydrogen (secondary N) is 2. The van der Waals surface area contributed by atoms with Gasteiger partial charge in [0.15, 0.2) is 0 Å². The van der Waals surface area contributed by atoms with Crippen LogP contribution < -0.4 is 45.0 Å². The predicted molar refractivity (Wildman–Crippen MR) is 195 cm³/mol. The fourth-order valence-corrected chi connectivity index (χ4v) is 5.58. The zero-order valence-electron chi connectivity index (χ0n) is 25.4. The molecule has 3 heterocycles. The summed E-state index contributed by atoms with van der Waals surface area (Å²) in [7, 11) is 0. The van der Waals surface area contributed by atoms with E-state index >= 15 is 0 Å². The lowest BCUT2D eigenvalue weighted by molar-refractivity contribution is 0.102. The molecule has 0 bridgehead atoms. The van der Waals surface area contributed by atoms with Crippen molar-refractivity contribution in [2.75, 3.05) is 46.6 Å². The van der Waals surface area contributed by atoms with Crippen LogP contribution in [0.5, 0.6) is 5.75 Å². The van der Waals surface area contributed by atoms with Gasteiger partial charge < -0.3 is 50.1 Å². The highest BCUT2D eigenvalue weighted by Gasteiger charge is 2.18. The zero-order valence-corrected chi connectivity index (χ0v) is 26.2. The molecule has 2 saturated heterocycles. The minimum atomic E-state index is -0.342. The number of aromatic hydroxyl groups is 1. The molecular formula is C32H56ClN9O2. The molecule has 1 amide bonds. The number of hydrogen-bond donors (Lipinski definition) is 7. The lowest BCUT2D eigenvalue weighted by Gasteiger charge is -2.32. The second kappa shape index (κ2) is 17.2. The van der Waals surface area contributed by atoms with Crippen LogP contribution in [-0.2, 0) is 0 Å². The number of benzene rings is 3. The van der Waals surface area contributed by atoms with Gasteiger partial charge in [-0.25, -0.2) is 4.98 Å². The van der Waals surface area contributed by atoms with Crippen molar-refractivity contribution in [3.8, 4) is 5.75 Å². The summed E-state index contributed by atoms with van der Waals surface area (Å²) in [6.07, 6.45) is 7.42. The summed E-state index contributed by atoms with van der Waals surface area (Å²) in [5.41, 5.74) is 2.87. The standard InChI is InChI=1S/C32H35N5O2.ClH.4H3N.4H2/c38-31-27-10-4-3-9-23(27)11-16-28(31)32(39)34-25-14-12-24(13-15-25)33-26-21-29(36-17-5-1-6-18-36)35-30(22-26)37-19-7-2-8-20-37;;;;;;;;;/h3-4,9-16,21-22,38H,1-2,5-8,17-20H2,(H,33,35)(H,34,39);1H;4*1H3;4*1H. The summed E-state index contributed by atoms with van der Waals surface area (Å²) in [6.45, 7) is 4.21. The Morgan fingerprint density at radius 3 is 1.77 bits per heavy atom. The number of phenolic OH excluding ortho intramolecular Hbond substituents is 1. The first-order chi connectivity index (χ1) is 19.1. The van der Waals surface area contributed by atoms with Crippen molar-refractivity contribution in [1.29, 1.82) is 0 Å². The van der Waals surface area contributed by atoms with Gasteiger partial charge in [0.2, 0.25) is 0 Å². The molecule has 2 aliphatic heterocycles. The van der Waals surface area contributed by atoms with Crippen LogP contribution in [0, 0.1) is 0 Å². The Kier molecular flexibility index (Phi) is 14.8. The van der Waals surface area contributed by atoms with Crippen LogP contribution in [-0.4, -0.2) is 42.2 Å². The molecule has 1 aromatic heterocycles. The summed E-state index contributed by atoms with van der Waals surface area (Å²) < 4.78 is 0. The first-order valence-corrected chi connectivity index (χ1v) is 14.1. The van der Waals surface area contributed by atoms with Gasteiger partial charge in [-0.3, -0.25) is 4.79 Å². The molecule has 0 atom stereocenters. The van der Waals surface area contributed by atoms with Crippen LogP contribution in [0.3, 0.4) is 0 Å². The summed E-state index contributed by atoms with van der Waals surface area (Å²) in [5.74, 6) is 1.74. The number of phenols is 1. The van der Waals surface area contributed by atoms with Gasteiger partial charge in [-0.05, 0) is 74.2 Å². The molecule has 11 nitrogen and oxygen atoms in total. The summed E-state index contributed by atoms with van der Waals surface area (Å²) in [4.78, 5) is 22.8. The quantitative estimate of drug-likeness (QED) is 0.107. The minimum Gasteiger partial charge on any atom is -0.506 e. The second-order valence-electron chi connectivity index (χ2n) is 10.5. The Balaban J connectivity index is -0.00000108. The third kappa shape index (κ3) is 8.49. The molecule has 4 aromatic rings. The van der Waals surface area contributed by atoms with Crippen molar-refractivity contribution >= 4 is 57.8 Å². The summed E-state index contributed by atoms with van der Waals surface area (Å²) in [5, 5.41) is 18.7. The predicted octanol–water partition coefficient (Wildman–Crippen LogP) is 8.97. The number of aromatic nitrogens is 1. The van der Waals surface area contributed by atoms with E-state index in [1.807, 2.05) is 54.6 Å². The monoisotopic (exact) mass is 633 g/mol. The van der Waals surface area contributed by atoms with Crippen LogP contribution in [0.15, 0.2) is 72.8 Å². The maximum atomic E-state index is 12.9. The largest absolute Gasteiger partial charge is 0.506 e. The number of anilines is 5. The molecule has 0 saturated carbocycles. The Hall–Kier alpha value is -4.13. The van der Waals surface area contributed by atoms with E-state index in [0.717, 1.165) is 54.6 Å². The van der Waals surface area contributed by atoms with E-state index in [-0.39, 0.29) is 59.9 Å². The average molecular weight is 634 g/mol. The van der Waals surface area contributed by atoms with Crippen molar-refractivity contribution in [2.45, 2.75) is 38.5 Å². The highest BCUT2D eigenvalue weighted by Crippen LogP contribution is 2.31. The molecule has 6 rings (SSSR count). The van der Waals surface area contributed by atoms with E-state index in [0.29, 0.717) is 11.1 Å². The smallest absolute Gasteiger partial charge is 0.259 e. The van der Waals surface area contributed by atoms with E-state index < -0.39 is 0 Å². The summed E-state index contributed by atoms with van der Waals surface area (Å²) in [6, 6.07) is 22.9. The van der Waals surface area contributed by atoms with E-state index in [1.165, 1.54) is 38.5 Å². The highest BCUT2D eigenvalue weighted by molar-refractivity contribution is 6.09. The van der Waals surface area contributed by atoms with Crippen molar-refractivity contribution in [2.24, 2.45) is 0 Å². The Morgan fingerprint density at radius 2 is 1.20 bits per heavy atom. The molecule has 0 unspecified atom stereocenters. The number of rotatable bonds is 6. The molecule has 0 spiro atoms. The van der Waals surface area contributed by atoms with Gasteiger partial charge in [0, 0.05) is 66.5 Å². The van der Waals surface area contributed by atoms with Crippen LogP contribution in [0.4, 0.5) is 28.7 Å². The van der Waals surface area contributed by atoms with Crippen LogP contribution in [0.2, 0.25) is 0 Å². The molecule has 15 N–H and O–H groups in total. The molecule has 0 aliphatic carbocycles. The van der Waals surface area contributed by atoms with Crippen LogP contribution in [0.1, 0.15) is 54.6 Å². The lowest BCUT2D eigenvalue weighted by Crippen LogP contribution is -2.33. The number of fused-ring (bicyclic) bond motifs is 1. The van der Waals surface area contributed by atoms with Crippen LogP contribution in [0.25, 0.3) is 10.8 Å². The molecule has 44 heavy (non-hydrogen) atoms. The second-order valence-corrected chi connectivity index (χ2v) is 10.5. The number of pyridine rings is 1. The number of nitrogens with zero attached hydrogens (tertiary/aromatic N) is 3. The van der Waals surface area contributed by atoms with Gasteiger partial charge in [-0.2, -0.15) is 0 Å². The number of carbonyl (C=O) groups excluding carboxylic acids is 1. The number of carbonyl (C=O) groups is 1. The van der Waals surface area contributed by atoms with Gasteiger partial charge in [0.1, 0.15) is 17.4 Å². The normalized spacial score (nSPS) is 14.0. The molecular weight excluding hydrogens is 578 g/mol. The van der Waals surface area contributed by atoms with E-state index in [1.54, 1.807) is 6.07 Å². The van der Waals surface area contributed by atoms with Crippen LogP contribution >= 0.6 is 12.4 Å². The maximum Gasteiger partial charge on any atom is 0.259 e.